The molecule has 2 heteroatoms. The van der Waals surface area contributed by atoms with Crippen LogP contribution in [-0.2, 0) is 0 Å². The van der Waals surface area contributed by atoms with Gasteiger partial charge in [-0.1, -0.05) is 66.7 Å². The molecular formula is C21H15NO. The first-order chi connectivity index (χ1) is 11.3. The summed E-state index contributed by atoms with van der Waals surface area (Å²) in [5.41, 5.74) is 5.49. The van der Waals surface area contributed by atoms with E-state index in [4.69, 9.17) is 0 Å². The van der Waals surface area contributed by atoms with Crippen LogP contribution >= 0.6 is 0 Å². The van der Waals surface area contributed by atoms with E-state index in [0.717, 1.165) is 16.8 Å². The third-order valence-electron chi connectivity index (χ3n) is 4.81. The van der Waals surface area contributed by atoms with Crippen molar-refractivity contribution in [1.29, 1.82) is 0 Å². The van der Waals surface area contributed by atoms with Gasteiger partial charge in [0, 0.05) is 5.56 Å². The largest absolute Gasteiger partial charge is 0.287 e. The molecule has 0 saturated heterocycles. The van der Waals surface area contributed by atoms with Crippen LogP contribution < -0.4 is 5.06 Å². The highest BCUT2D eigenvalue weighted by atomic mass is 16.5. The molecule has 1 N–H and O–H groups in total. The van der Waals surface area contributed by atoms with Crippen molar-refractivity contribution in [1.82, 2.24) is 0 Å². The normalized spacial score (nSPS) is 18.2. The van der Waals surface area contributed by atoms with Gasteiger partial charge in [0.05, 0.1) is 5.69 Å². The quantitative estimate of drug-likeness (QED) is 0.632. The highest BCUT2D eigenvalue weighted by Gasteiger charge is 2.30. The second-order valence-electron chi connectivity index (χ2n) is 6.05. The van der Waals surface area contributed by atoms with Crippen LogP contribution in [0.4, 0.5) is 5.69 Å². The lowest BCUT2D eigenvalue weighted by atomic mass is 9.84. The van der Waals surface area contributed by atoms with Crippen LogP contribution in [0.1, 0.15) is 16.7 Å². The van der Waals surface area contributed by atoms with E-state index in [1.165, 1.54) is 27.0 Å². The van der Waals surface area contributed by atoms with Crippen molar-refractivity contribution in [2.24, 2.45) is 0 Å². The number of anilines is 1. The first-order valence-electron chi connectivity index (χ1n) is 7.82. The Balaban J connectivity index is 1.84. The molecule has 23 heavy (non-hydrogen) atoms. The highest BCUT2D eigenvalue weighted by molar-refractivity contribution is 6.05. The summed E-state index contributed by atoms with van der Waals surface area (Å²) in [6.45, 7) is 0. The SMILES string of the molecule is ON1c2ccc3ccccc3c2C=C2c3ccccc3C=CC21. The fourth-order valence-corrected chi connectivity index (χ4v) is 3.68. The highest BCUT2D eigenvalue weighted by Crippen LogP contribution is 2.42. The van der Waals surface area contributed by atoms with Crippen LogP contribution in [-0.4, -0.2) is 11.2 Å². The Morgan fingerprint density at radius 2 is 1.70 bits per heavy atom. The molecule has 0 spiro atoms. The molecule has 2 aliphatic rings. The van der Waals surface area contributed by atoms with E-state index in [2.05, 4.69) is 54.6 Å². The third-order valence-corrected chi connectivity index (χ3v) is 4.81. The summed E-state index contributed by atoms with van der Waals surface area (Å²) >= 11 is 0. The van der Waals surface area contributed by atoms with Crippen LogP contribution in [0.15, 0.2) is 66.7 Å². The molecular weight excluding hydrogens is 282 g/mol. The minimum absolute atomic E-state index is 0.126. The molecule has 0 radical (unpaired) electrons. The van der Waals surface area contributed by atoms with Crippen LogP contribution in [0.5, 0.6) is 0 Å². The average molecular weight is 297 g/mol. The fourth-order valence-electron chi connectivity index (χ4n) is 3.68. The van der Waals surface area contributed by atoms with E-state index in [9.17, 15) is 5.21 Å². The lowest BCUT2D eigenvalue weighted by molar-refractivity contribution is 0.248. The molecule has 0 aromatic heterocycles. The van der Waals surface area contributed by atoms with Gasteiger partial charge in [-0.3, -0.25) is 5.21 Å². The molecule has 1 aliphatic heterocycles. The molecule has 1 atom stereocenters. The Morgan fingerprint density at radius 3 is 2.65 bits per heavy atom. The molecule has 0 saturated carbocycles. The summed E-state index contributed by atoms with van der Waals surface area (Å²) in [5, 5.41) is 14.5. The maximum atomic E-state index is 10.8. The Bertz CT molecular complexity index is 1000. The van der Waals surface area contributed by atoms with Gasteiger partial charge in [-0.2, -0.15) is 0 Å². The molecule has 2 nitrogen and oxygen atoms in total. The number of hydrogen-bond acceptors (Lipinski definition) is 2. The zero-order chi connectivity index (χ0) is 15.4. The number of hydroxylamine groups is 1. The molecule has 0 bridgehead atoms. The topological polar surface area (TPSA) is 23.5 Å². The number of fused-ring (bicyclic) bond motifs is 6. The summed E-state index contributed by atoms with van der Waals surface area (Å²) < 4.78 is 0. The molecule has 1 heterocycles. The molecule has 5 rings (SSSR count). The van der Waals surface area contributed by atoms with Gasteiger partial charge < -0.3 is 0 Å². The van der Waals surface area contributed by atoms with Crippen molar-refractivity contribution in [3.63, 3.8) is 0 Å². The number of hydrogen-bond donors (Lipinski definition) is 1. The average Bonchev–Trinajstić information content (AvgIpc) is 2.61. The van der Waals surface area contributed by atoms with Crippen LogP contribution in [0.2, 0.25) is 0 Å². The predicted molar refractivity (Wildman–Crippen MR) is 95.3 cm³/mol. The summed E-state index contributed by atoms with van der Waals surface area (Å²) in [6.07, 6.45) is 6.39. The fraction of sp³-hybridized carbons (Fsp3) is 0.0476. The number of benzene rings is 3. The lowest BCUT2D eigenvalue weighted by Crippen LogP contribution is -2.35. The third kappa shape index (κ3) is 1.73. The first kappa shape index (κ1) is 12.7. The van der Waals surface area contributed by atoms with Crippen molar-refractivity contribution in [2.75, 3.05) is 5.06 Å². The van der Waals surface area contributed by atoms with Crippen molar-refractivity contribution in [3.8, 4) is 0 Å². The zero-order valence-electron chi connectivity index (χ0n) is 12.5. The molecule has 3 aromatic carbocycles. The van der Waals surface area contributed by atoms with Gasteiger partial charge >= 0.3 is 0 Å². The minimum Gasteiger partial charge on any atom is -0.287 e. The Morgan fingerprint density at radius 1 is 0.870 bits per heavy atom. The summed E-state index contributed by atoms with van der Waals surface area (Å²) in [6, 6.07) is 20.6. The van der Waals surface area contributed by atoms with Gasteiger partial charge in [0.2, 0.25) is 0 Å². The second kappa shape index (κ2) is 4.58. The number of rotatable bonds is 0. The van der Waals surface area contributed by atoms with Gasteiger partial charge in [-0.25, -0.2) is 5.06 Å². The van der Waals surface area contributed by atoms with Crippen LogP contribution in [0.25, 0.3) is 28.5 Å². The summed E-state index contributed by atoms with van der Waals surface area (Å²) in [5.74, 6) is 0. The van der Waals surface area contributed by atoms with Gasteiger partial charge in [-0.15, -0.1) is 0 Å². The van der Waals surface area contributed by atoms with E-state index >= 15 is 0 Å². The smallest absolute Gasteiger partial charge is 0.100 e. The van der Waals surface area contributed by atoms with E-state index in [1.54, 1.807) is 0 Å². The van der Waals surface area contributed by atoms with Gasteiger partial charge in [0.25, 0.3) is 0 Å². The second-order valence-corrected chi connectivity index (χ2v) is 6.05. The van der Waals surface area contributed by atoms with Crippen LogP contribution in [0, 0.1) is 0 Å². The summed E-state index contributed by atoms with van der Waals surface area (Å²) in [7, 11) is 0. The molecule has 3 aromatic rings. The molecule has 0 amide bonds. The van der Waals surface area contributed by atoms with Crippen molar-refractivity contribution >= 4 is 34.2 Å². The van der Waals surface area contributed by atoms with E-state index in [0.29, 0.717) is 0 Å². The lowest BCUT2D eigenvalue weighted by Gasteiger charge is -2.35. The van der Waals surface area contributed by atoms with Gasteiger partial charge in [-0.05, 0) is 39.6 Å². The minimum atomic E-state index is -0.126. The zero-order valence-corrected chi connectivity index (χ0v) is 12.5. The first-order valence-corrected chi connectivity index (χ1v) is 7.82. The van der Waals surface area contributed by atoms with Gasteiger partial charge in [0.1, 0.15) is 6.04 Å². The molecule has 110 valence electrons. The summed E-state index contributed by atoms with van der Waals surface area (Å²) in [4.78, 5) is 0. The van der Waals surface area contributed by atoms with E-state index < -0.39 is 0 Å². The Hall–Kier alpha value is -2.84. The Kier molecular flexibility index (Phi) is 2.52. The molecule has 1 unspecified atom stereocenters. The number of nitrogens with zero attached hydrogens (tertiary/aromatic N) is 1. The maximum Gasteiger partial charge on any atom is 0.100 e. The standard InChI is InChI=1S/C21H15NO/c23-22-20-11-9-14-5-1-3-7-16(14)18(20)13-19-17-8-4-2-6-15(17)10-12-21(19)22/h1-13,20,23H. The van der Waals surface area contributed by atoms with Crippen LogP contribution in [0.3, 0.4) is 0 Å². The van der Waals surface area contributed by atoms with Crippen molar-refractivity contribution in [3.05, 3.63) is 83.4 Å². The monoisotopic (exact) mass is 297 g/mol. The van der Waals surface area contributed by atoms with Crippen molar-refractivity contribution in [2.45, 2.75) is 6.04 Å². The molecule has 0 fully saturated rings. The predicted octanol–water partition coefficient (Wildman–Crippen LogP) is 4.99. The Labute approximate surface area is 134 Å². The molecule has 1 aliphatic carbocycles. The van der Waals surface area contributed by atoms with E-state index in [-0.39, 0.29) is 6.04 Å². The maximum absolute atomic E-state index is 10.8. The van der Waals surface area contributed by atoms with Crippen molar-refractivity contribution < 1.29 is 5.21 Å². The van der Waals surface area contributed by atoms with Gasteiger partial charge in [0.15, 0.2) is 0 Å². The van der Waals surface area contributed by atoms with E-state index in [1.807, 2.05) is 24.3 Å².